The summed E-state index contributed by atoms with van der Waals surface area (Å²) in [4.78, 5) is 26.2. The maximum atomic E-state index is 12.5. The lowest BCUT2D eigenvalue weighted by Gasteiger charge is -2.31. The molecule has 0 unspecified atom stereocenters. The van der Waals surface area contributed by atoms with E-state index in [4.69, 9.17) is 20.8 Å². The summed E-state index contributed by atoms with van der Waals surface area (Å²) in [5.41, 5.74) is 2.54. The van der Waals surface area contributed by atoms with Crippen LogP contribution in [0.2, 0.25) is 5.02 Å². The summed E-state index contributed by atoms with van der Waals surface area (Å²) in [5.74, 6) is 0.181. The molecule has 0 radical (unpaired) electrons. The number of para-hydroxylation sites is 1. The molecular weight excluding hydrogens is 382 g/mol. The largest absolute Gasteiger partial charge is 0.473 e. The van der Waals surface area contributed by atoms with E-state index in [0.29, 0.717) is 40.8 Å². The first kappa shape index (κ1) is 18.4. The van der Waals surface area contributed by atoms with Crippen LogP contribution in [0.5, 0.6) is 5.75 Å². The van der Waals surface area contributed by atoms with E-state index in [1.807, 2.05) is 41.3 Å². The summed E-state index contributed by atoms with van der Waals surface area (Å²) in [6, 6.07) is 11.2. The van der Waals surface area contributed by atoms with Gasteiger partial charge in [-0.2, -0.15) is 0 Å². The minimum absolute atomic E-state index is 0.125. The fraction of sp³-hybridized carbons (Fsp3) is 0.238. The number of hydrogen-bond donors (Lipinski definition) is 0. The molecule has 0 saturated carbocycles. The maximum Gasteiger partial charge on any atom is 0.340 e. The van der Waals surface area contributed by atoms with Crippen molar-refractivity contribution in [2.75, 3.05) is 18.7 Å². The van der Waals surface area contributed by atoms with Crippen LogP contribution in [0, 0.1) is 6.92 Å². The number of halogens is 1. The number of anilines is 1. The fourth-order valence-electron chi connectivity index (χ4n) is 3.44. The average Bonchev–Trinajstić information content (AvgIpc) is 2.70. The second-order valence-corrected chi connectivity index (χ2v) is 6.99. The van der Waals surface area contributed by atoms with Crippen molar-refractivity contribution < 1.29 is 18.7 Å². The highest BCUT2D eigenvalue weighted by molar-refractivity contribution is 6.33. The Morgan fingerprint density at radius 2 is 2.04 bits per heavy atom. The van der Waals surface area contributed by atoms with E-state index in [0.717, 1.165) is 16.6 Å². The highest BCUT2D eigenvalue weighted by Crippen LogP contribution is 2.36. The molecule has 0 aliphatic carbocycles. The fourth-order valence-corrected chi connectivity index (χ4v) is 3.70. The molecule has 1 aliphatic rings. The molecule has 0 saturated heterocycles. The molecule has 28 heavy (non-hydrogen) atoms. The van der Waals surface area contributed by atoms with Crippen LogP contribution < -0.4 is 15.3 Å². The lowest BCUT2D eigenvalue weighted by atomic mass is 10.00. The first-order valence-corrected chi connectivity index (χ1v) is 9.14. The Morgan fingerprint density at radius 3 is 2.79 bits per heavy atom. The highest BCUT2D eigenvalue weighted by atomic mass is 35.5. The Balaban J connectivity index is 1.82. The van der Waals surface area contributed by atoms with Crippen LogP contribution in [0.1, 0.15) is 16.7 Å². The van der Waals surface area contributed by atoms with Crippen LogP contribution in [0.3, 0.4) is 0 Å². The van der Waals surface area contributed by atoms with Crippen molar-refractivity contribution in [2.24, 2.45) is 0 Å². The molecule has 2 aromatic carbocycles. The predicted molar refractivity (Wildman–Crippen MR) is 106 cm³/mol. The molecule has 0 spiro atoms. The zero-order valence-corrected chi connectivity index (χ0v) is 16.2. The molecule has 1 aliphatic heterocycles. The third-order valence-corrected chi connectivity index (χ3v) is 5.30. The van der Waals surface area contributed by atoms with E-state index in [9.17, 15) is 9.59 Å². The van der Waals surface area contributed by atoms with Crippen molar-refractivity contribution in [3.05, 3.63) is 68.5 Å². The summed E-state index contributed by atoms with van der Waals surface area (Å²) >= 11 is 6.32. The second-order valence-electron chi connectivity index (χ2n) is 6.59. The van der Waals surface area contributed by atoms with Gasteiger partial charge in [0, 0.05) is 5.39 Å². The zero-order valence-electron chi connectivity index (χ0n) is 15.5. The summed E-state index contributed by atoms with van der Waals surface area (Å²) in [6.07, 6.45) is -0.125. The average molecular weight is 400 g/mol. The Bertz CT molecular complexity index is 1140. The highest BCUT2D eigenvalue weighted by Gasteiger charge is 2.25. The minimum Gasteiger partial charge on any atom is -0.473 e. The Labute approximate surface area is 166 Å². The van der Waals surface area contributed by atoms with Crippen LogP contribution in [0.4, 0.5) is 5.69 Å². The molecule has 0 amide bonds. The molecule has 0 atom stereocenters. The van der Waals surface area contributed by atoms with Gasteiger partial charge < -0.3 is 18.8 Å². The van der Waals surface area contributed by atoms with Crippen molar-refractivity contribution in [3.63, 3.8) is 0 Å². The molecule has 4 rings (SSSR count). The third-order valence-electron chi connectivity index (χ3n) is 4.98. The topological polar surface area (TPSA) is 69.0 Å². The van der Waals surface area contributed by atoms with Crippen molar-refractivity contribution in [2.45, 2.75) is 19.9 Å². The lowest BCUT2D eigenvalue weighted by Crippen LogP contribution is -2.32. The lowest BCUT2D eigenvalue weighted by molar-refractivity contribution is -0.139. The molecule has 2 heterocycles. The molecule has 7 heteroatoms. The monoisotopic (exact) mass is 399 g/mol. The SMILES string of the molecule is COC(=O)Cc1c(C)c2ccc3c(c2oc1=O)CN(c1ccccc1Cl)CO3. The predicted octanol–water partition coefficient (Wildman–Crippen LogP) is 3.83. The minimum atomic E-state index is -0.543. The molecule has 3 aromatic rings. The van der Waals surface area contributed by atoms with Crippen LogP contribution in [-0.2, 0) is 22.5 Å². The van der Waals surface area contributed by atoms with Crippen molar-refractivity contribution >= 4 is 34.2 Å². The Morgan fingerprint density at radius 1 is 1.25 bits per heavy atom. The van der Waals surface area contributed by atoms with Gasteiger partial charge in [0.15, 0.2) is 6.73 Å². The van der Waals surface area contributed by atoms with Crippen LogP contribution >= 0.6 is 11.6 Å². The molecule has 0 bridgehead atoms. The van der Waals surface area contributed by atoms with E-state index in [1.165, 1.54) is 7.11 Å². The first-order chi connectivity index (χ1) is 13.5. The third kappa shape index (κ3) is 3.10. The van der Waals surface area contributed by atoms with Crippen LogP contribution in [0.25, 0.3) is 11.0 Å². The van der Waals surface area contributed by atoms with E-state index in [2.05, 4.69) is 4.74 Å². The van der Waals surface area contributed by atoms with Gasteiger partial charge in [-0.15, -0.1) is 0 Å². The van der Waals surface area contributed by atoms with Crippen molar-refractivity contribution in [3.8, 4) is 5.75 Å². The summed E-state index contributed by atoms with van der Waals surface area (Å²) in [6.45, 7) is 2.63. The number of hydrogen-bond acceptors (Lipinski definition) is 6. The number of carbonyl (C=O) groups is 1. The van der Waals surface area contributed by atoms with E-state index in [-0.39, 0.29) is 6.42 Å². The van der Waals surface area contributed by atoms with Crippen LogP contribution in [0.15, 0.2) is 45.6 Å². The Kier molecular flexibility index (Phi) is 4.73. The van der Waals surface area contributed by atoms with Gasteiger partial charge in [0.25, 0.3) is 0 Å². The molecule has 6 nitrogen and oxygen atoms in total. The van der Waals surface area contributed by atoms with Gasteiger partial charge in [-0.1, -0.05) is 23.7 Å². The van der Waals surface area contributed by atoms with Crippen molar-refractivity contribution in [1.82, 2.24) is 0 Å². The van der Waals surface area contributed by atoms with Gasteiger partial charge in [0.2, 0.25) is 0 Å². The second kappa shape index (κ2) is 7.20. The number of ether oxygens (including phenoxy) is 2. The van der Waals surface area contributed by atoms with E-state index >= 15 is 0 Å². The van der Waals surface area contributed by atoms with Crippen LogP contribution in [-0.4, -0.2) is 19.8 Å². The standard InChI is InChI=1S/C21H18ClNO5/c1-12-13-7-8-18-15(20(13)28-21(25)14(12)9-19(24)26-2)10-23(11-27-18)17-6-4-3-5-16(17)22/h3-8H,9-11H2,1-2H3. The van der Waals surface area contributed by atoms with E-state index in [1.54, 1.807) is 6.92 Å². The van der Waals surface area contributed by atoms with Gasteiger partial charge in [-0.25, -0.2) is 4.79 Å². The molecule has 0 fully saturated rings. The van der Waals surface area contributed by atoms with E-state index < -0.39 is 11.6 Å². The number of rotatable bonds is 3. The number of esters is 1. The molecule has 1 aromatic heterocycles. The van der Waals surface area contributed by atoms with Gasteiger partial charge in [-0.05, 0) is 36.8 Å². The Hall–Kier alpha value is -2.99. The number of fused-ring (bicyclic) bond motifs is 3. The number of carbonyl (C=O) groups excluding carboxylic acids is 1. The van der Waals surface area contributed by atoms with Gasteiger partial charge in [0.1, 0.15) is 11.3 Å². The number of benzene rings is 2. The number of methoxy groups -OCH3 is 1. The van der Waals surface area contributed by atoms with Gasteiger partial charge >= 0.3 is 11.6 Å². The smallest absolute Gasteiger partial charge is 0.340 e. The first-order valence-electron chi connectivity index (χ1n) is 8.77. The summed E-state index contributed by atoms with van der Waals surface area (Å²) in [5, 5.41) is 1.38. The summed E-state index contributed by atoms with van der Waals surface area (Å²) < 4.78 is 16.2. The number of nitrogens with zero attached hydrogens (tertiary/aromatic N) is 1. The maximum absolute atomic E-state index is 12.5. The molecule has 144 valence electrons. The zero-order chi connectivity index (χ0) is 19.8. The molecular formula is C21H18ClNO5. The van der Waals surface area contributed by atoms with Gasteiger partial charge in [0.05, 0.1) is 41.9 Å². The van der Waals surface area contributed by atoms with Crippen molar-refractivity contribution in [1.29, 1.82) is 0 Å². The summed E-state index contributed by atoms with van der Waals surface area (Å²) in [7, 11) is 1.29. The number of aryl methyl sites for hydroxylation is 1. The van der Waals surface area contributed by atoms with Gasteiger partial charge in [-0.3, -0.25) is 4.79 Å². The molecule has 0 N–H and O–H groups in total. The normalized spacial score (nSPS) is 13.2. The quantitative estimate of drug-likeness (QED) is 0.492.